The van der Waals surface area contributed by atoms with Crippen LogP contribution in [0.2, 0.25) is 0 Å². The van der Waals surface area contributed by atoms with Crippen molar-refractivity contribution in [1.82, 2.24) is 24.4 Å². The third-order valence-electron chi connectivity index (χ3n) is 5.77. The molecule has 2 aromatic heterocycles. The third-order valence-corrected chi connectivity index (χ3v) is 5.77. The third kappa shape index (κ3) is 3.64. The molecule has 0 aliphatic rings. The first-order valence-corrected chi connectivity index (χ1v) is 10.5. The minimum absolute atomic E-state index is 0.436. The molecule has 0 atom stereocenters. The minimum Gasteiger partial charge on any atom is -0.494 e. The number of aromatic nitrogens is 4. The number of fused-ring (bicyclic) bond motifs is 2. The second-order valence-electron chi connectivity index (χ2n) is 8.11. The predicted octanol–water partition coefficient (Wildman–Crippen LogP) is 2.70. The van der Waals surface area contributed by atoms with Crippen LogP contribution in [0.1, 0.15) is 17.3 Å². The van der Waals surface area contributed by atoms with Crippen molar-refractivity contribution in [2.45, 2.75) is 13.5 Å². The number of nitrogens with two attached hydrogens (primary N) is 1. The van der Waals surface area contributed by atoms with E-state index < -0.39 is 5.91 Å². The van der Waals surface area contributed by atoms with Crippen LogP contribution in [0.3, 0.4) is 0 Å². The van der Waals surface area contributed by atoms with Crippen LogP contribution >= 0.6 is 0 Å². The summed E-state index contributed by atoms with van der Waals surface area (Å²) < 4.78 is 7.76. The molecule has 0 bridgehead atoms. The highest BCUT2D eigenvalue weighted by Gasteiger charge is 2.22. The molecule has 9 heteroatoms. The number of aromatic amines is 1. The average Bonchev–Trinajstić information content (AvgIpc) is 3.42. The van der Waals surface area contributed by atoms with Crippen LogP contribution < -0.4 is 15.4 Å². The molecule has 0 spiro atoms. The van der Waals surface area contributed by atoms with E-state index in [4.69, 9.17) is 10.5 Å². The lowest BCUT2D eigenvalue weighted by Gasteiger charge is -2.24. The standard InChI is InChI=1S/C23H29N7O2/c1-6-30-13-27-16-9-14(10-18(32-5)22(16)30)15-11-17(29(4)8-7-28(2)3)19(23(24)31)21-20(15)25-12-26-21/h9-13H,6-8H2,1-5H3,(H2,24,31)(H,25,26). The molecule has 0 aliphatic heterocycles. The van der Waals surface area contributed by atoms with Gasteiger partial charge in [-0.2, -0.15) is 0 Å². The number of rotatable bonds is 8. The first-order chi connectivity index (χ1) is 15.3. The van der Waals surface area contributed by atoms with Crippen molar-refractivity contribution >= 4 is 33.7 Å². The number of methoxy groups -OCH3 is 1. The van der Waals surface area contributed by atoms with Crippen molar-refractivity contribution in [3.8, 4) is 16.9 Å². The van der Waals surface area contributed by atoms with E-state index in [1.807, 2.05) is 50.6 Å². The molecule has 2 heterocycles. The fourth-order valence-electron chi connectivity index (χ4n) is 4.06. The largest absolute Gasteiger partial charge is 0.494 e. The van der Waals surface area contributed by atoms with Crippen molar-refractivity contribution in [2.75, 3.05) is 46.2 Å². The van der Waals surface area contributed by atoms with Crippen LogP contribution in [0.15, 0.2) is 30.9 Å². The molecule has 9 nitrogen and oxygen atoms in total. The van der Waals surface area contributed by atoms with Crippen LogP contribution in [-0.4, -0.2) is 71.7 Å². The van der Waals surface area contributed by atoms with Crippen LogP contribution in [0.4, 0.5) is 5.69 Å². The first-order valence-electron chi connectivity index (χ1n) is 10.5. The number of benzene rings is 2. The quantitative estimate of drug-likeness (QED) is 0.441. The summed E-state index contributed by atoms with van der Waals surface area (Å²) in [6.07, 6.45) is 3.41. The lowest BCUT2D eigenvalue weighted by molar-refractivity contribution is 0.100. The number of nitrogens with zero attached hydrogens (tertiary/aromatic N) is 5. The second kappa shape index (κ2) is 8.51. The number of aryl methyl sites for hydroxylation is 1. The van der Waals surface area contributed by atoms with Crippen molar-refractivity contribution in [3.05, 3.63) is 36.4 Å². The zero-order valence-corrected chi connectivity index (χ0v) is 19.1. The zero-order valence-electron chi connectivity index (χ0n) is 19.1. The fourth-order valence-corrected chi connectivity index (χ4v) is 4.06. The number of nitrogens with one attached hydrogen (secondary N) is 1. The van der Waals surface area contributed by atoms with Crippen molar-refractivity contribution in [2.24, 2.45) is 5.73 Å². The van der Waals surface area contributed by atoms with Gasteiger partial charge in [0.15, 0.2) is 0 Å². The van der Waals surface area contributed by atoms with Gasteiger partial charge in [-0.3, -0.25) is 4.79 Å². The number of primary amides is 1. The molecule has 0 saturated carbocycles. The molecule has 0 unspecified atom stereocenters. The van der Waals surface area contributed by atoms with Crippen molar-refractivity contribution < 1.29 is 9.53 Å². The normalized spacial score (nSPS) is 11.6. The lowest BCUT2D eigenvalue weighted by atomic mass is 9.98. The predicted molar refractivity (Wildman–Crippen MR) is 127 cm³/mol. The molecule has 0 aliphatic carbocycles. The molecule has 0 saturated heterocycles. The van der Waals surface area contributed by atoms with Gasteiger partial charge in [0.25, 0.3) is 5.91 Å². The summed E-state index contributed by atoms with van der Waals surface area (Å²) in [5.41, 5.74) is 11.9. The van der Waals surface area contributed by atoms with Gasteiger partial charge in [-0.05, 0) is 44.8 Å². The van der Waals surface area contributed by atoms with E-state index in [1.54, 1.807) is 13.4 Å². The van der Waals surface area contributed by atoms with Crippen LogP contribution in [0, 0.1) is 0 Å². The number of H-pyrrole nitrogens is 1. The molecule has 0 radical (unpaired) electrons. The van der Waals surface area contributed by atoms with E-state index in [9.17, 15) is 4.79 Å². The molecule has 0 fully saturated rings. The maximum Gasteiger partial charge on any atom is 0.253 e. The molecular formula is C23H29N7O2. The highest BCUT2D eigenvalue weighted by Crippen LogP contribution is 2.39. The van der Waals surface area contributed by atoms with E-state index in [2.05, 4.69) is 31.3 Å². The zero-order chi connectivity index (χ0) is 23.0. The summed E-state index contributed by atoms with van der Waals surface area (Å²) in [6.45, 7) is 4.43. The average molecular weight is 436 g/mol. The number of amides is 1. The van der Waals surface area contributed by atoms with Gasteiger partial charge in [-0.1, -0.05) is 0 Å². The minimum atomic E-state index is -0.493. The number of imidazole rings is 2. The Morgan fingerprint density at radius 3 is 2.62 bits per heavy atom. The number of carbonyl (C=O) groups excluding carboxylic acids is 1. The molecule has 1 amide bonds. The highest BCUT2D eigenvalue weighted by atomic mass is 16.5. The molecule has 168 valence electrons. The summed E-state index contributed by atoms with van der Waals surface area (Å²) >= 11 is 0. The van der Waals surface area contributed by atoms with Gasteiger partial charge in [0, 0.05) is 32.2 Å². The maximum atomic E-state index is 12.4. The Morgan fingerprint density at radius 2 is 1.97 bits per heavy atom. The van der Waals surface area contributed by atoms with Gasteiger partial charge in [-0.15, -0.1) is 0 Å². The Hall–Kier alpha value is -3.59. The van der Waals surface area contributed by atoms with E-state index in [-0.39, 0.29) is 0 Å². The SMILES string of the molecule is CCn1cnc2cc(-c3cc(N(C)CCN(C)C)c(C(N)=O)c4[nH]cnc34)cc(OC)c21. The molecular weight excluding hydrogens is 406 g/mol. The van der Waals surface area contributed by atoms with Gasteiger partial charge >= 0.3 is 0 Å². The summed E-state index contributed by atoms with van der Waals surface area (Å²) in [5.74, 6) is 0.245. The molecule has 4 rings (SSSR count). The Kier molecular flexibility index (Phi) is 5.75. The van der Waals surface area contributed by atoms with Crippen LogP contribution in [-0.2, 0) is 6.54 Å². The van der Waals surface area contributed by atoms with Crippen molar-refractivity contribution in [1.29, 1.82) is 0 Å². The van der Waals surface area contributed by atoms with Gasteiger partial charge in [0.05, 0.1) is 47.6 Å². The number of hydrogen-bond acceptors (Lipinski definition) is 6. The van der Waals surface area contributed by atoms with Gasteiger partial charge in [0.2, 0.25) is 0 Å². The van der Waals surface area contributed by atoms with Gasteiger partial charge in [0.1, 0.15) is 11.3 Å². The topological polar surface area (TPSA) is 105 Å². The number of ether oxygens (including phenoxy) is 1. The maximum absolute atomic E-state index is 12.4. The lowest BCUT2D eigenvalue weighted by Crippen LogP contribution is -2.30. The van der Waals surface area contributed by atoms with Crippen LogP contribution in [0.25, 0.3) is 33.2 Å². The monoisotopic (exact) mass is 435 g/mol. The van der Waals surface area contributed by atoms with Gasteiger partial charge in [-0.25, -0.2) is 9.97 Å². The smallest absolute Gasteiger partial charge is 0.253 e. The summed E-state index contributed by atoms with van der Waals surface area (Å²) in [6, 6.07) is 6.00. The van der Waals surface area contributed by atoms with Crippen LogP contribution in [0.5, 0.6) is 5.75 Å². The van der Waals surface area contributed by atoms with E-state index >= 15 is 0 Å². The number of likely N-dealkylation sites (N-methyl/N-ethyl adjacent to an activating group) is 2. The second-order valence-corrected chi connectivity index (χ2v) is 8.11. The molecule has 32 heavy (non-hydrogen) atoms. The Balaban J connectivity index is 1.96. The van der Waals surface area contributed by atoms with Crippen molar-refractivity contribution in [3.63, 3.8) is 0 Å². The van der Waals surface area contributed by atoms with E-state index in [0.717, 1.165) is 53.2 Å². The van der Waals surface area contributed by atoms with E-state index in [0.29, 0.717) is 16.6 Å². The number of anilines is 1. The molecule has 4 aromatic rings. The summed E-state index contributed by atoms with van der Waals surface area (Å²) in [4.78, 5) is 28.8. The Morgan fingerprint density at radius 1 is 1.19 bits per heavy atom. The van der Waals surface area contributed by atoms with E-state index in [1.165, 1.54) is 0 Å². The Bertz CT molecular complexity index is 1290. The molecule has 3 N–H and O–H groups in total. The number of hydrogen-bond donors (Lipinski definition) is 2. The summed E-state index contributed by atoms with van der Waals surface area (Å²) in [5, 5.41) is 0. The molecule has 2 aromatic carbocycles. The first kappa shape index (κ1) is 21.6. The Labute approximate surface area is 186 Å². The fraction of sp³-hybridized carbons (Fsp3) is 0.348. The van der Waals surface area contributed by atoms with Gasteiger partial charge < -0.3 is 29.8 Å². The highest BCUT2D eigenvalue weighted by molar-refractivity contribution is 6.13. The number of carbonyl (C=O) groups is 1. The summed E-state index contributed by atoms with van der Waals surface area (Å²) in [7, 11) is 7.66.